The summed E-state index contributed by atoms with van der Waals surface area (Å²) in [7, 11) is 0.864. The van der Waals surface area contributed by atoms with Gasteiger partial charge in [-0.3, -0.25) is 5.43 Å². The minimum absolute atomic E-state index is 0.315. The number of nitrogens with one attached hydrogen (secondary N) is 2. The van der Waals surface area contributed by atoms with E-state index in [-0.39, 0.29) is 0 Å². The first-order valence-corrected chi connectivity index (χ1v) is 5.36. The fourth-order valence-electron chi connectivity index (χ4n) is 1.12. The Morgan fingerprint density at radius 3 is 2.53 bits per heavy atom. The van der Waals surface area contributed by atoms with Crippen molar-refractivity contribution in [3.8, 4) is 0 Å². The van der Waals surface area contributed by atoms with Crippen molar-refractivity contribution < 1.29 is 22.7 Å². The molecule has 1 rings (SSSR count). The molecular weight excluding hydrogens is 285 g/mol. The van der Waals surface area contributed by atoms with Crippen molar-refractivity contribution in [2.75, 3.05) is 12.5 Å². The number of alkyl halides is 3. The zero-order valence-corrected chi connectivity index (χ0v) is 10.5. The predicted molar refractivity (Wildman–Crippen MR) is 64.4 cm³/mol. The maximum Gasteiger partial charge on any atom is 0.424 e. The highest BCUT2D eigenvalue weighted by Gasteiger charge is 2.39. The van der Waals surface area contributed by atoms with Gasteiger partial charge in [-0.05, 0) is 12.1 Å². The van der Waals surface area contributed by atoms with Crippen LogP contribution in [0.25, 0.3) is 0 Å². The van der Waals surface area contributed by atoms with Crippen LogP contribution >= 0.6 is 11.6 Å². The van der Waals surface area contributed by atoms with Gasteiger partial charge >= 0.3 is 12.1 Å². The first-order valence-electron chi connectivity index (χ1n) is 4.98. The first-order chi connectivity index (χ1) is 8.86. The third-order valence-electron chi connectivity index (χ3n) is 2.01. The van der Waals surface area contributed by atoms with Gasteiger partial charge in [0.1, 0.15) is 0 Å². The van der Waals surface area contributed by atoms with Crippen LogP contribution in [0.2, 0.25) is 5.02 Å². The van der Waals surface area contributed by atoms with Crippen LogP contribution in [0.1, 0.15) is 0 Å². The number of rotatable bonds is 4. The number of hydrogen-bond donors (Lipinski definition) is 2. The lowest BCUT2D eigenvalue weighted by Crippen LogP contribution is -2.26. The molecule has 0 spiro atoms. The number of para-hydroxylation sites is 1. The lowest BCUT2D eigenvalue weighted by atomic mass is 10.3. The minimum Gasteiger partial charge on any atom is -0.465 e. The lowest BCUT2D eigenvalue weighted by Gasteiger charge is -2.12. The zero-order valence-electron chi connectivity index (χ0n) is 9.72. The molecule has 0 aliphatic rings. The third kappa shape index (κ3) is 4.36. The van der Waals surface area contributed by atoms with Crippen LogP contribution in [-0.2, 0) is 9.53 Å². The standard InChI is InChI=1S/C11H10ClF3N2O2/c1-19-10(18)7(11(13,14)15)6-16-17-9-5-3-2-4-8(9)12/h2-6,16-17H,1H3/b7-6+. The molecule has 104 valence electrons. The van der Waals surface area contributed by atoms with Crippen molar-refractivity contribution in [3.05, 3.63) is 41.1 Å². The Bertz CT molecular complexity index is 489. The molecule has 0 atom stereocenters. The summed E-state index contributed by atoms with van der Waals surface area (Å²) >= 11 is 5.78. The molecule has 1 aromatic carbocycles. The average Bonchev–Trinajstić information content (AvgIpc) is 2.34. The summed E-state index contributed by atoms with van der Waals surface area (Å²) < 4.78 is 41.5. The highest BCUT2D eigenvalue weighted by molar-refractivity contribution is 6.33. The Morgan fingerprint density at radius 1 is 1.37 bits per heavy atom. The maximum absolute atomic E-state index is 12.5. The second-order valence-corrected chi connectivity index (χ2v) is 3.70. The fourth-order valence-corrected chi connectivity index (χ4v) is 1.30. The van der Waals surface area contributed by atoms with E-state index in [0.717, 1.165) is 7.11 Å². The number of anilines is 1. The maximum atomic E-state index is 12.5. The minimum atomic E-state index is -4.82. The molecule has 0 aliphatic carbocycles. The van der Waals surface area contributed by atoms with E-state index in [1.165, 1.54) is 0 Å². The van der Waals surface area contributed by atoms with Gasteiger partial charge in [0.2, 0.25) is 0 Å². The number of hydrazine groups is 1. The van der Waals surface area contributed by atoms with E-state index in [9.17, 15) is 18.0 Å². The van der Waals surface area contributed by atoms with Gasteiger partial charge in [-0.15, -0.1) is 0 Å². The van der Waals surface area contributed by atoms with Crippen molar-refractivity contribution in [2.24, 2.45) is 0 Å². The van der Waals surface area contributed by atoms with E-state index in [1.807, 2.05) is 0 Å². The molecule has 4 nitrogen and oxygen atoms in total. The molecule has 0 saturated heterocycles. The van der Waals surface area contributed by atoms with Gasteiger partial charge in [-0.1, -0.05) is 23.7 Å². The molecule has 2 N–H and O–H groups in total. The van der Waals surface area contributed by atoms with Crippen molar-refractivity contribution in [1.82, 2.24) is 5.43 Å². The van der Waals surface area contributed by atoms with Crippen LogP contribution in [0.15, 0.2) is 36.0 Å². The largest absolute Gasteiger partial charge is 0.465 e. The number of ether oxygens (including phenoxy) is 1. The van der Waals surface area contributed by atoms with E-state index >= 15 is 0 Å². The Labute approximate surface area is 112 Å². The molecule has 0 bridgehead atoms. The molecule has 1 aromatic rings. The number of halogens is 4. The second-order valence-electron chi connectivity index (χ2n) is 3.30. The summed E-state index contributed by atoms with van der Waals surface area (Å²) in [5, 5.41) is 0.315. The summed E-state index contributed by atoms with van der Waals surface area (Å²) in [6, 6.07) is 6.42. The number of esters is 1. The number of carbonyl (C=O) groups is 1. The van der Waals surface area contributed by atoms with E-state index in [4.69, 9.17) is 11.6 Å². The number of hydrogen-bond acceptors (Lipinski definition) is 4. The second kappa shape index (κ2) is 6.33. The van der Waals surface area contributed by atoms with Gasteiger partial charge in [0.15, 0.2) is 5.57 Å². The monoisotopic (exact) mass is 294 g/mol. The van der Waals surface area contributed by atoms with Crippen LogP contribution < -0.4 is 10.9 Å². The van der Waals surface area contributed by atoms with E-state index in [2.05, 4.69) is 15.6 Å². The van der Waals surface area contributed by atoms with Gasteiger partial charge < -0.3 is 10.2 Å². The average molecular weight is 295 g/mol. The molecule has 0 fully saturated rings. The lowest BCUT2D eigenvalue weighted by molar-refractivity contribution is -0.148. The molecule has 0 aliphatic heterocycles. The van der Waals surface area contributed by atoms with Crippen LogP contribution in [-0.4, -0.2) is 19.3 Å². The smallest absolute Gasteiger partial charge is 0.424 e. The summed E-state index contributed by atoms with van der Waals surface area (Å²) in [4.78, 5) is 11.0. The predicted octanol–water partition coefficient (Wildman–Crippen LogP) is 2.88. The SMILES string of the molecule is COC(=O)/C(=C\NNc1ccccc1Cl)C(F)(F)F. The van der Waals surface area contributed by atoms with Crippen molar-refractivity contribution in [3.63, 3.8) is 0 Å². The van der Waals surface area contributed by atoms with Crippen molar-refractivity contribution >= 4 is 23.3 Å². The van der Waals surface area contributed by atoms with E-state index in [0.29, 0.717) is 16.9 Å². The number of carbonyl (C=O) groups excluding carboxylic acids is 1. The molecule has 8 heteroatoms. The third-order valence-corrected chi connectivity index (χ3v) is 2.34. The van der Waals surface area contributed by atoms with Gasteiger partial charge in [0.25, 0.3) is 0 Å². The van der Waals surface area contributed by atoms with Gasteiger partial charge in [-0.25, -0.2) is 4.79 Å². The Kier molecular flexibility index (Phi) is 5.05. The first kappa shape index (κ1) is 15.2. The molecule has 0 unspecified atom stereocenters. The van der Waals surface area contributed by atoms with E-state index < -0.39 is 17.7 Å². The fraction of sp³-hybridized carbons (Fsp3) is 0.182. The summed E-state index contributed by atoms with van der Waals surface area (Å²) in [5.41, 5.74) is 3.48. The normalized spacial score (nSPS) is 11.9. The molecule has 0 aromatic heterocycles. The van der Waals surface area contributed by atoms with Crippen LogP contribution in [0.5, 0.6) is 0 Å². The van der Waals surface area contributed by atoms with Crippen molar-refractivity contribution in [2.45, 2.75) is 6.18 Å². The zero-order chi connectivity index (χ0) is 14.5. The van der Waals surface area contributed by atoms with Gasteiger partial charge in [-0.2, -0.15) is 13.2 Å². The van der Waals surface area contributed by atoms with Crippen molar-refractivity contribution in [1.29, 1.82) is 0 Å². The summed E-state index contributed by atoms with van der Waals surface area (Å²) in [6.07, 6.45) is -4.35. The Hall–Kier alpha value is -1.89. The van der Waals surface area contributed by atoms with Crippen LogP contribution in [0.3, 0.4) is 0 Å². The molecule has 0 heterocycles. The van der Waals surface area contributed by atoms with E-state index in [1.54, 1.807) is 24.3 Å². The molecular formula is C11H10ClF3N2O2. The Morgan fingerprint density at radius 2 is 2.00 bits per heavy atom. The molecule has 0 amide bonds. The highest BCUT2D eigenvalue weighted by Crippen LogP contribution is 2.26. The molecule has 19 heavy (non-hydrogen) atoms. The Balaban J connectivity index is 2.78. The molecule has 0 saturated carbocycles. The topological polar surface area (TPSA) is 50.4 Å². The van der Waals surface area contributed by atoms with Crippen LogP contribution in [0, 0.1) is 0 Å². The number of benzene rings is 1. The summed E-state index contributed by atoms with van der Waals surface area (Å²) in [6.45, 7) is 0. The van der Waals surface area contributed by atoms with Crippen LogP contribution in [0.4, 0.5) is 18.9 Å². The van der Waals surface area contributed by atoms with Gasteiger partial charge in [0.05, 0.1) is 17.8 Å². The van der Waals surface area contributed by atoms with Gasteiger partial charge in [0, 0.05) is 6.20 Å². The molecule has 0 radical (unpaired) electrons. The number of methoxy groups -OCH3 is 1. The quantitative estimate of drug-likeness (QED) is 0.509. The highest BCUT2D eigenvalue weighted by atomic mass is 35.5. The summed E-state index contributed by atoms with van der Waals surface area (Å²) in [5.74, 6) is -1.49.